The summed E-state index contributed by atoms with van der Waals surface area (Å²) in [7, 11) is 1.36. The number of hydrogen-bond acceptors (Lipinski definition) is 4. The van der Waals surface area contributed by atoms with E-state index in [1.54, 1.807) is 0 Å². The first-order chi connectivity index (χ1) is 9.35. The van der Waals surface area contributed by atoms with E-state index in [0.29, 0.717) is 0 Å². The largest absolute Gasteiger partial charge is 0.496 e. The van der Waals surface area contributed by atoms with Crippen LogP contribution >= 0.6 is 11.6 Å². The fraction of sp³-hybridized carbons (Fsp3) is 0.250. The number of carboxylic acids is 1. The highest BCUT2D eigenvalue weighted by Crippen LogP contribution is 2.22. The number of nitrogens with two attached hydrogens (primary N) is 1. The predicted octanol–water partition coefficient (Wildman–Crippen LogP) is 0.407. The molecule has 20 heavy (non-hydrogen) atoms. The first kappa shape index (κ1) is 15.8. The molecular weight excluding hydrogens is 288 g/mol. The SMILES string of the molecule is COc1ccc(Cl)cc1C(=O)N[C@@H](CC(N)=O)C(=O)O. The van der Waals surface area contributed by atoms with E-state index in [2.05, 4.69) is 5.32 Å². The highest BCUT2D eigenvalue weighted by Gasteiger charge is 2.24. The molecule has 0 heterocycles. The van der Waals surface area contributed by atoms with Crippen molar-refractivity contribution >= 4 is 29.4 Å². The summed E-state index contributed by atoms with van der Waals surface area (Å²) in [5, 5.41) is 11.4. The van der Waals surface area contributed by atoms with Gasteiger partial charge in [-0.2, -0.15) is 0 Å². The fourth-order valence-electron chi connectivity index (χ4n) is 1.49. The van der Waals surface area contributed by atoms with Gasteiger partial charge < -0.3 is 20.9 Å². The van der Waals surface area contributed by atoms with Gasteiger partial charge >= 0.3 is 5.97 Å². The number of hydrogen-bond donors (Lipinski definition) is 3. The number of carbonyl (C=O) groups excluding carboxylic acids is 2. The number of aliphatic carboxylic acids is 1. The molecule has 0 aromatic heterocycles. The second kappa shape index (κ2) is 6.76. The number of benzene rings is 1. The quantitative estimate of drug-likeness (QED) is 0.703. The molecule has 0 saturated carbocycles. The minimum Gasteiger partial charge on any atom is -0.496 e. The summed E-state index contributed by atoms with van der Waals surface area (Å²) in [4.78, 5) is 33.7. The molecule has 0 aliphatic carbocycles. The molecule has 1 atom stereocenters. The Hall–Kier alpha value is -2.28. The molecule has 4 N–H and O–H groups in total. The zero-order valence-corrected chi connectivity index (χ0v) is 11.3. The van der Waals surface area contributed by atoms with Gasteiger partial charge in [-0.05, 0) is 18.2 Å². The highest BCUT2D eigenvalue weighted by molar-refractivity contribution is 6.31. The smallest absolute Gasteiger partial charge is 0.326 e. The summed E-state index contributed by atoms with van der Waals surface area (Å²) in [6.07, 6.45) is -0.510. The minimum absolute atomic E-state index is 0.0655. The Kier molecular flexibility index (Phi) is 5.33. The van der Waals surface area contributed by atoms with Crippen LogP contribution in [0.1, 0.15) is 16.8 Å². The van der Waals surface area contributed by atoms with Crippen LogP contribution in [0.2, 0.25) is 5.02 Å². The molecule has 0 aliphatic heterocycles. The number of carbonyl (C=O) groups is 3. The van der Waals surface area contributed by atoms with Crippen LogP contribution in [0.4, 0.5) is 0 Å². The van der Waals surface area contributed by atoms with Gasteiger partial charge in [-0.25, -0.2) is 4.79 Å². The Morgan fingerprint density at radius 2 is 2.10 bits per heavy atom. The average molecular weight is 301 g/mol. The lowest BCUT2D eigenvalue weighted by Gasteiger charge is -2.14. The van der Waals surface area contributed by atoms with Crippen molar-refractivity contribution in [2.75, 3.05) is 7.11 Å². The first-order valence-electron chi connectivity index (χ1n) is 5.50. The summed E-state index contributed by atoms with van der Waals surface area (Å²) in [6.45, 7) is 0. The van der Waals surface area contributed by atoms with Gasteiger partial charge in [0, 0.05) is 5.02 Å². The lowest BCUT2D eigenvalue weighted by atomic mass is 10.1. The topological polar surface area (TPSA) is 119 Å². The van der Waals surface area contributed by atoms with Gasteiger partial charge in [-0.15, -0.1) is 0 Å². The molecule has 0 unspecified atom stereocenters. The molecule has 8 heteroatoms. The summed E-state index contributed by atoms with van der Waals surface area (Å²) in [5.74, 6) is -2.69. The molecular formula is C12H13ClN2O5. The normalized spacial score (nSPS) is 11.5. The van der Waals surface area contributed by atoms with E-state index in [1.807, 2.05) is 0 Å². The number of amides is 2. The number of rotatable bonds is 6. The van der Waals surface area contributed by atoms with Crippen molar-refractivity contribution in [2.45, 2.75) is 12.5 Å². The van der Waals surface area contributed by atoms with Crippen molar-refractivity contribution in [2.24, 2.45) is 5.73 Å². The lowest BCUT2D eigenvalue weighted by molar-refractivity contribution is -0.140. The van der Waals surface area contributed by atoms with Gasteiger partial charge in [-0.1, -0.05) is 11.6 Å². The van der Waals surface area contributed by atoms with Gasteiger partial charge in [0.15, 0.2) is 0 Å². The van der Waals surface area contributed by atoms with E-state index in [0.717, 1.165) is 0 Å². The molecule has 0 saturated heterocycles. The van der Waals surface area contributed by atoms with E-state index in [1.165, 1.54) is 25.3 Å². The number of nitrogens with one attached hydrogen (secondary N) is 1. The number of carboxylic acid groups (broad SMARTS) is 1. The Morgan fingerprint density at radius 3 is 2.60 bits per heavy atom. The molecule has 0 spiro atoms. The van der Waals surface area contributed by atoms with E-state index < -0.39 is 30.2 Å². The molecule has 108 valence electrons. The third-order valence-corrected chi connectivity index (χ3v) is 2.65. The molecule has 0 radical (unpaired) electrons. The van der Waals surface area contributed by atoms with E-state index in [9.17, 15) is 14.4 Å². The van der Waals surface area contributed by atoms with E-state index in [4.69, 9.17) is 27.2 Å². The average Bonchev–Trinajstić information content (AvgIpc) is 2.37. The van der Waals surface area contributed by atoms with Crippen molar-refractivity contribution in [3.8, 4) is 5.75 Å². The minimum atomic E-state index is -1.41. The maximum Gasteiger partial charge on any atom is 0.326 e. The fourth-order valence-corrected chi connectivity index (χ4v) is 1.67. The second-order valence-electron chi connectivity index (χ2n) is 3.88. The van der Waals surface area contributed by atoms with Gasteiger partial charge in [0.1, 0.15) is 11.8 Å². The van der Waals surface area contributed by atoms with Crippen LogP contribution in [-0.2, 0) is 9.59 Å². The monoisotopic (exact) mass is 300 g/mol. The van der Waals surface area contributed by atoms with Gasteiger partial charge in [-0.3, -0.25) is 9.59 Å². The molecule has 1 aromatic carbocycles. The molecule has 0 bridgehead atoms. The van der Waals surface area contributed by atoms with Crippen LogP contribution in [0.25, 0.3) is 0 Å². The predicted molar refractivity (Wildman–Crippen MR) is 70.7 cm³/mol. The third kappa shape index (κ3) is 4.13. The van der Waals surface area contributed by atoms with Crippen LogP contribution in [0.5, 0.6) is 5.75 Å². The number of halogens is 1. The summed E-state index contributed by atoms with van der Waals surface area (Å²) >= 11 is 5.78. The zero-order chi connectivity index (χ0) is 15.3. The molecule has 0 fully saturated rings. The lowest BCUT2D eigenvalue weighted by Crippen LogP contribution is -2.43. The van der Waals surface area contributed by atoms with Crippen molar-refractivity contribution in [1.82, 2.24) is 5.32 Å². The summed E-state index contributed by atoms with van der Waals surface area (Å²) in [6, 6.07) is 2.92. The number of primary amides is 1. The Bertz CT molecular complexity index is 547. The second-order valence-corrected chi connectivity index (χ2v) is 4.32. The third-order valence-electron chi connectivity index (χ3n) is 2.41. The number of ether oxygens (including phenoxy) is 1. The van der Waals surface area contributed by atoms with E-state index in [-0.39, 0.29) is 16.3 Å². The summed E-state index contributed by atoms with van der Waals surface area (Å²) in [5.41, 5.74) is 4.99. The number of methoxy groups -OCH3 is 1. The molecule has 2 amide bonds. The van der Waals surface area contributed by atoms with E-state index >= 15 is 0 Å². The maximum atomic E-state index is 12.0. The van der Waals surface area contributed by atoms with Gasteiger partial charge in [0.2, 0.25) is 5.91 Å². The van der Waals surface area contributed by atoms with Gasteiger partial charge in [0.05, 0.1) is 19.1 Å². The first-order valence-corrected chi connectivity index (χ1v) is 5.88. The highest BCUT2D eigenvalue weighted by atomic mass is 35.5. The molecule has 7 nitrogen and oxygen atoms in total. The standard InChI is InChI=1S/C12H13ClN2O5/c1-20-9-3-2-6(13)4-7(9)11(17)15-8(12(18)19)5-10(14)16/h2-4,8H,5H2,1H3,(H2,14,16)(H,15,17)(H,18,19)/t8-/m0/s1. The van der Waals surface area contributed by atoms with Crippen molar-refractivity contribution in [3.05, 3.63) is 28.8 Å². The maximum absolute atomic E-state index is 12.0. The molecule has 1 aromatic rings. The Morgan fingerprint density at radius 1 is 1.45 bits per heavy atom. The Balaban J connectivity index is 2.96. The van der Waals surface area contributed by atoms with Crippen LogP contribution < -0.4 is 15.8 Å². The van der Waals surface area contributed by atoms with Crippen molar-refractivity contribution in [3.63, 3.8) is 0 Å². The van der Waals surface area contributed by atoms with Gasteiger partial charge in [0.25, 0.3) is 5.91 Å². The molecule has 1 rings (SSSR count). The van der Waals surface area contributed by atoms with Crippen LogP contribution in [-0.4, -0.2) is 36.0 Å². The van der Waals surface area contributed by atoms with Crippen molar-refractivity contribution in [1.29, 1.82) is 0 Å². The Labute approximate surface area is 119 Å². The van der Waals surface area contributed by atoms with Crippen LogP contribution in [0, 0.1) is 0 Å². The summed E-state index contributed by atoms with van der Waals surface area (Å²) < 4.78 is 4.99. The van der Waals surface area contributed by atoms with Crippen LogP contribution in [0.3, 0.4) is 0 Å². The van der Waals surface area contributed by atoms with Crippen molar-refractivity contribution < 1.29 is 24.2 Å². The zero-order valence-electron chi connectivity index (χ0n) is 10.6. The van der Waals surface area contributed by atoms with Crippen LogP contribution in [0.15, 0.2) is 18.2 Å². The molecule has 0 aliphatic rings.